The Morgan fingerprint density at radius 3 is 2.52 bits per heavy atom. The van der Waals surface area contributed by atoms with E-state index in [2.05, 4.69) is 22.2 Å². The Morgan fingerprint density at radius 2 is 1.86 bits per heavy atom. The summed E-state index contributed by atoms with van der Waals surface area (Å²) in [6, 6.07) is 0. The van der Waals surface area contributed by atoms with Gasteiger partial charge in [0.05, 0.1) is 6.61 Å². The number of ether oxygens (including phenoxy) is 3. The summed E-state index contributed by atoms with van der Waals surface area (Å²) in [5.74, 6) is 1.77. The molecule has 7 heteroatoms. The molecule has 0 aliphatic carbocycles. The average Bonchev–Trinajstić information content (AvgIpc) is 2.48. The molecule has 1 rings (SSSR count). The van der Waals surface area contributed by atoms with Crippen LogP contribution in [-0.2, 0) is 15.9 Å². The first-order chi connectivity index (χ1) is 10.2. The van der Waals surface area contributed by atoms with E-state index in [1.165, 1.54) is 0 Å². The van der Waals surface area contributed by atoms with Gasteiger partial charge in [0.15, 0.2) is 5.82 Å². The van der Waals surface area contributed by atoms with Crippen LogP contribution in [0, 0.1) is 0 Å². The van der Waals surface area contributed by atoms with Crippen LogP contribution in [0.5, 0.6) is 5.88 Å². The standard InChI is InChI=1S/C14H26N4O3/c1-4-6-11-17-13(16-7-5-8-19-2)12(15)14(18-11)21-10-9-20-3/h4-10,15H2,1-3H3,(H,16,17,18). The maximum absolute atomic E-state index is 6.06. The molecular weight excluding hydrogens is 272 g/mol. The summed E-state index contributed by atoms with van der Waals surface area (Å²) in [4.78, 5) is 8.81. The Balaban J connectivity index is 2.77. The maximum Gasteiger partial charge on any atom is 0.242 e. The summed E-state index contributed by atoms with van der Waals surface area (Å²) in [7, 11) is 3.30. The van der Waals surface area contributed by atoms with Gasteiger partial charge in [-0.2, -0.15) is 4.98 Å². The number of nitrogen functional groups attached to an aromatic ring is 1. The van der Waals surface area contributed by atoms with Crippen molar-refractivity contribution in [3.05, 3.63) is 5.82 Å². The Hall–Kier alpha value is -1.60. The molecule has 0 fully saturated rings. The number of methoxy groups -OCH3 is 2. The zero-order valence-corrected chi connectivity index (χ0v) is 13.1. The lowest BCUT2D eigenvalue weighted by Gasteiger charge is -2.14. The molecule has 1 heterocycles. The first-order valence-electron chi connectivity index (χ1n) is 7.23. The van der Waals surface area contributed by atoms with Crippen molar-refractivity contribution in [1.29, 1.82) is 0 Å². The van der Waals surface area contributed by atoms with E-state index in [1.807, 2.05) is 0 Å². The zero-order valence-electron chi connectivity index (χ0n) is 13.1. The van der Waals surface area contributed by atoms with Gasteiger partial charge in [0.2, 0.25) is 5.88 Å². The Kier molecular flexibility index (Phi) is 8.45. The van der Waals surface area contributed by atoms with E-state index in [4.69, 9.17) is 19.9 Å². The Morgan fingerprint density at radius 1 is 1.10 bits per heavy atom. The molecule has 0 radical (unpaired) electrons. The highest BCUT2D eigenvalue weighted by Gasteiger charge is 2.12. The van der Waals surface area contributed by atoms with Crippen LogP contribution in [0.15, 0.2) is 0 Å². The third kappa shape index (κ3) is 6.14. The van der Waals surface area contributed by atoms with Crippen LogP contribution in [0.25, 0.3) is 0 Å². The van der Waals surface area contributed by atoms with Gasteiger partial charge in [-0.15, -0.1) is 0 Å². The molecule has 0 aromatic carbocycles. The molecule has 0 spiro atoms. The van der Waals surface area contributed by atoms with Crippen LogP contribution >= 0.6 is 0 Å². The second kappa shape index (κ2) is 10.2. The highest BCUT2D eigenvalue weighted by Crippen LogP contribution is 2.26. The molecule has 0 bridgehead atoms. The van der Waals surface area contributed by atoms with E-state index in [1.54, 1.807) is 14.2 Å². The zero-order chi connectivity index (χ0) is 15.5. The van der Waals surface area contributed by atoms with Crippen molar-refractivity contribution in [3.8, 4) is 5.88 Å². The summed E-state index contributed by atoms with van der Waals surface area (Å²) in [6.45, 7) is 4.40. The van der Waals surface area contributed by atoms with Crippen LogP contribution in [0.2, 0.25) is 0 Å². The molecule has 0 aliphatic heterocycles. The Labute approximate surface area is 126 Å². The summed E-state index contributed by atoms with van der Waals surface area (Å²) in [6.07, 6.45) is 2.63. The van der Waals surface area contributed by atoms with Gasteiger partial charge in [-0.05, 0) is 12.8 Å². The number of nitrogens with one attached hydrogen (secondary N) is 1. The molecule has 7 nitrogen and oxygen atoms in total. The van der Waals surface area contributed by atoms with Crippen molar-refractivity contribution in [1.82, 2.24) is 9.97 Å². The van der Waals surface area contributed by atoms with Crippen molar-refractivity contribution < 1.29 is 14.2 Å². The highest BCUT2D eigenvalue weighted by molar-refractivity contribution is 5.66. The number of nitrogens with two attached hydrogens (primary N) is 1. The number of hydrogen-bond acceptors (Lipinski definition) is 7. The molecule has 1 aromatic heterocycles. The SMILES string of the molecule is CCCc1nc(NCCCOC)c(N)c(OCCOC)n1. The van der Waals surface area contributed by atoms with Gasteiger partial charge in [0, 0.05) is 33.8 Å². The molecule has 0 amide bonds. The summed E-state index contributed by atoms with van der Waals surface area (Å²) < 4.78 is 15.5. The minimum atomic E-state index is 0.409. The third-order valence-corrected chi connectivity index (χ3v) is 2.77. The number of aromatic nitrogens is 2. The van der Waals surface area contributed by atoms with E-state index < -0.39 is 0 Å². The van der Waals surface area contributed by atoms with E-state index >= 15 is 0 Å². The van der Waals surface area contributed by atoms with Gasteiger partial charge in [-0.25, -0.2) is 4.98 Å². The molecule has 0 saturated carbocycles. The van der Waals surface area contributed by atoms with Gasteiger partial charge < -0.3 is 25.3 Å². The molecule has 3 N–H and O–H groups in total. The van der Waals surface area contributed by atoms with E-state index in [-0.39, 0.29) is 0 Å². The van der Waals surface area contributed by atoms with Crippen LogP contribution in [0.4, 0.5) is 11.5 Å². The fourth-order valence-electron chi connectivity index (χ4n) is 1.72. The molecule has 21 heavy (non-hydrogen) atoms. The van der Waals surface area contributed by atoms with Gasteiger partial charge >= 0.3 is 0 Å². The van der Waals surface area contributed by atoms with Crippen LogP contribution in [0.1, 0.15) is 25.6 Å². The van der Waals surface area contributed by atoms with Gasteiger partial charge in [-0.1, -0.05) is 6.92 Å². The van der Waals surface area contributed by atoms with E-state index in [0.29, 0.717) is 37.2 Å². The first kappa shape index (κ1) is 17.5. The first-order valence-corrected chi connectivity index (χ1v) is 7.23. The Bertz CT molecular complexity index is 415. The average molecular weight is 298 g/mol. The van der Waals surface area contributed by atoms with E-state index in [0.717, 1.165) is 31.6 Å². The number of nitrogens with zero attached hydrogens (tertiary/aromatic N) is 2. The predicted molar refractivity (Wildman–Crippen MR) is 82.8 cm³/mol. The molecule has 0 saturated heterocycles. The largest absolute Gasteiger partial charge is 0.474 e. The molecule has 120 valence electrons. The second-order valence-electron chi connectivity index (χ2n) is 4.57. The van der Waals surface area contributed by atoms with Crippen molar-refractivity contribution in [3.63, 3.8) is 0 Å². The molecule has 0 aliphatic rings. The minimum absolute atomic E-state index is 0.409. The van der Waals surface area contributed by atoms with Crippen molar-refractivity contribution in [2.24, 2.45) is 0 Å². The normalized spacial score (nSPS) is 10.6. The number of anilines is 2. The highest BCUT2D eigenvalue weighted by atomic mass is 16.5. The van der Waals surface area contributed by atoms with Gasteiger partial charge in [0.25, 0.3) is 0 Å². The molecular formula is C14H26N4O3. The second-order valence-corrected chi connectivity index (χ2v) is 4.57. The van der Waals surface area contributed by atoms with Gasteiger partial charge in [0.1, 0.15) is 18.1 Å². The van der Waals surface area contributed by atoms with E-state index in [9.17, 15) is 0 Å². The van der Waals surface area contributed by atoms with Crippen LogP contribution < -0.4 is 15.8 Å². The minimum Gasteiger partial charge on any atom is -0.474 e. The summed E-state index contributed by atoms with van der Waals surface area (Å²) in [5.41, 5.74) is 6.49. The summed E-state index contributed by atoms with van der Waals surface area (Å²) >= 11 is 0. The lowest BCUT2D eigenvalue weighted by atomic mass is 10.3. The smallest absolute Gasteiger partial charge is 0.242 e. The monoisotopic (exact) mass is 298 g/mol. The fraction of sp³-hybridized carbons (Fsp3) is 0.714. The lowest BCUT2D eigenvalue weighted by Crippen LogP contribution is -2.14. The number of aryl methyl sites for hydroxylation is 1. The van der Waals surface area contributed by atoms with Crippen LogP contribution in [-0.4, -0.2) is 50.6 Å². The third-order valence-electron chi connectivity index (χ3n) is 2.77. The molecule has 1 aromatic rings. The lowest BCUT2D eigenvalue weighted by molar-refractivity contribution is 0.144. The fourth-order valence-corrected chi connectivity index (χ4v) is 1.72. The molecule has 0 atom stereocenters. The topological polar surface area (TPSA) is 91.5 Å². The summed E-state index contributed by atoms with van der Waals surface area (Å²) in [5, 5.41) is 3.21. The maximum atomic E-state index is 6.06. The van der Waals surface area contributed by atoms with Crippen LogP contribution in [0.3, 0.4) is 0 Å². The van der Waals surface area contributed by atoms with Crippen molar-refractivity contribution in [2.45, 2.75) is 26.2 Å². The van der Waals surface area contributed by atoms with Gasteiger partial charge in [-0.3, -0.25) is 0 Å². The van der Waals surface area contributed by atoms with Crippen molar-refractivity contribution >= 4 is 11.5 Å². The number of hydrogen-bond donors (Lipinski definition) is 2. The predicted octanol–water partition coefficient (Wildman–Crippen LogP) is 1.48. The quantitative estimate of drug-likeness (QED) is 0.598. The molecule has 0 unspecified atom stereocenters. The van der Waals surface area contributed by atoms with Crippen molar-refractivity contribution in [2.75, 3.05) is 51.6 Å². The number of rotatable bonds is 11.